The molecule has 1 aromatic heterocycles. The minimum atomic E-state index is -1.34. The number of carboxylic acid groups (broad SMARTS) is 1. The lowest BCUT2D eigenvalue weighted by Crippen LogP contribution is -2.32. The largest absolute Gasteiger partial charge is 0.479 e. The number of aliphatic hydroxyl groups is 2. The number of nitrogens with one attached hydrogen (secondary N) is 2. The van der Waals surface area contributed by atoms with E-state index in [4.69, 9.17) is 5.11 Å². The molecule has 2 aromatic rings. The Morgan fingerprint density at radius 2 is 1.85 bits per heavy atom. The quantitative estimate of drug-likeness (QED) is 0.435. The lowest BCUT2D eigenvalue weighted by molar-refractivity contribution is -0.147. The first kappa shape index (κ1) is 20.9. The van der Waals surface area contributed by atoms with Crippen LogP contribution in [-0.2, 0) is 4.79 Å². The van der Waals surface area contributed by atoms with Crippen LogP contribution in [0.25, 0.3) is 10.9 Å². The maximum atomic E-state index is 12.3. The standard InChI is InChI=1S/C20H28N2O5/c1-12(4-6-17(24)20(26)27)3-5-16(23)11-22-19(25)15-9-13(2)18-14(10-15)7-8-21-18/h7-10,12,16-17,21,23-24H,3-6,11H2,1-2H3,(H,22,25)(H,26,27). The molecule has 27 heavy (non-hydrogen) atoms. The highest BCUT2D eigenvalue weighted by molar-refractivity contribution is 5.99. The molecule has 0 bridgehead atoms. The molecule has 0 saturated carbocycles. The molecular formula is C20H28N2O5. The molecule has 1 amide bonds. The molecule has 0 fully saturated rings. The summed E-state index contributed by atoms with van der Waals surface area (Å²) < 4.78 is 0. The molecule has 3 atom stereocenters. The first-order chi connectivity index (χ1) is 12.8. The second-order valence-electron chi connectivity index (χ2n) is 7.21. The van der Waals surface area contributed by atoms with Crippen molar-refractivity contribution in [3.63, 3.8) is 0 Å². The zero-order chi connectivity index (χ0) is 20.0. The maximum Gasteiger partial charge on any atom is 0.332 e. The van der Waals surface area contributed by atoms with E-state index in [0.29, 0.717) is 24.8 Å². The number of aromatic amines is 1. The number of aromatic nitrogens is 1. The summed E-state index contributed by atoms with van der Waals surface area (Å²) in [6, 6.07) is 5.55. The molecule has 7 nitrogen and oxygen atoms in total. The monoisotopic (exact) mass is 376 g/mol. The van der Waals surface area contributed by atoms with Crippen molar-refractivity contribution >= 4 is 22.8 Å². The predicted octanol–water partition coefficient (Wildman–Crippen LogP) is 2.21. The minimum Gasteiger partial charge on any atom is -0.479 e. The van der Waals surface area contributed by atoms with Crippen molar-refractivity contribution in [2.75, 3.05) is 6.54 Å². The van der Waals surface area contributed by atoms with E-state index in [1.54, 1.807) is 0 Å². The Kier molecular flexibility index (Phi) is 7.38. The van der Waals surface area contributed by atoms with Crippen LogP contribution in [0.4, 0.5) is 0 Å². The molecule has 5 N–H and O–H groups in total. The number of hydrogen-bond acceptors (Lipinski definition) is 4. The lowest BCUT2D eigenvalue weighted by Gasteiger charge is -2.16. The van der Waals surface area contributed by atoms with E-state index in [1.165, 1.54) is 0 Å². The molecule has 0 spiro atoms. The van der Waals surface area contributed by atoms with Crippen LogP contribution in [0, 0.1) is 12.8 Å². The van der Waals surface area contributed by atoms with Crippen molar-refractivity contribution in [2.45, 2.75) is 51.7 Å². The molecule has 3 unspecified atom stereocenters. The third kappa shape index (κ3) is 6.08. The molecule has 0 saturated heterocycles. The molecule has 0 radical (unpaired) electrons. The number of benzene rings is 1. The van der Waals surface area contributed by atoms with Gasteiger partial charge in [0.1, 0.15) is 0 Å². The van der Waals surface area contributed by atoms with E-state index in [2.05, 4.69) is 10.3 Å². The van der Waals surface area contributed by atoms with E-state index in [1.807, 2.05) is 38.2 Å². The number of H-pyrrole nitrogens is 1. The highest BCUT2D eigenvalue weighted by atomic mass is 16.4. The van der Waals surface area contributed by atoms with E-state index < -0.39 is 18.2 Å². The molecular weight excluding hydrogens is 348 g/mol. The average molecular weight is 376 g/mol. The zero-order valence-corrected chi connectivity index (χ0v) is 15.7. The van der Waals surface area contributed by atoms with Crippen LogP contribution in [0.3, 0.4) is 0 Å². The number of carbonyl (C=O) groups is 2. The van der Waals surface area contributed by atoms with Crippen molar-refractivity contribution < 1.29 is 24.9 Å². The number of rotatable bonds is 10. The Hall–Kier alpha value is -2.38. The second-order valence-corrected chi connectivity index (χ2v) is 7.21. The van der Waals surface area contributed by atoms with Crippen molar-refractivity contribution in [1.29, 1.82) is 0 Å². The van der Waals surface area contributed by atoms with Crippen LogP contribution in [0.15, 0.2) is 24.4 Å². The number of aliphatic hydroxyl groups excluding tert-OH is 2. The fourth-order valence-corrected chi connectivity index (χ4v) is 3.09. The Bertz CT molecular complexity index is 786. The molecule has 7 heteroatoms. The van der Waals surface area contributed by atoms with Gasteiger partial charge in [0, 0.05) is 29.2 Å². The van der Waals surface area contributed by atoms with Gasteiger partial charge >= 0.3 is 5.97 Å². The average Bonchev–Trinajstić information content (AvgIpc) is 3.11. The third-order valence-electron chi connectivity index (χ3n) is 4.83. The molecule has 1 aromatic carbocycles. The maximum absolute atomic E-state index is 12.3. The van der Waals surface area contributed by atoms with Crippen LogP contribution in [0.1, 0.15) is 48.5 Å². The van der Waals surface area contributed by atoms with Crippen LogP contribution in [0.2, 0.25) is 0 Å². The van der Waals surface area contributed by atoms with Gasteiger partial charge in [-0.05, 0) is 62.3 Å². The van der Waals surface area contributed by atoms with Crippen molar-refractivity contribution in [2.24, 2.45) is 5.92 Å². The summed E-state index contributed by atoms with van der Waals surface area (Å²) in [5, 5.41) is 31.8. The van der Waals surface area contributed by atoms with Gasteiger partial charge in [-0.1, -0.05) is 6.92 Å². The third-order valence-corrected chi connectivity index (χ3v) is 4.83. The van der Waals surface area contributed by atoms with Gasteiger partial charge in [0.25, 0.3) is 5.91 Å². The van der Waals surface area contributed by atoms with Crippen LogP contribution in [0.5, 0.6) is 0 Å². The number of carbonyl (C=O) groups excluding carboxylic acids is 1. The second kappa shape index (κ2) is 9.53. The molecule has 148 valence electrons. The van der Waals surface area contributed by atoms with Gasteiger partial charge in [-0.2, -0.15) is 0 Å². The number of aryl methyl sites for hydroxylation is 1. The van der Waals surface area contributed by atoms with Gasteiger partial charge in [-0.25, -0.2) is 4.79 Å². The summed E-state index contributed by atoms with van der Waals surface area (Å²) >= 11 is 0. The van der Waals surface area contributed by atoms with Crippen LogP contribution >= 0.6 is 0 Å². The number of fused-ring (bicyclic) bond motifs is 1. The highest BCUT2D eigenvalue weighted by Gasteiger charge is 2.16. The number of hydrogen-bond donors (Lipinski definition) is 5. The molecule has 0 aliphatic heterocycles. The first-order valence-corrected chi connectivity index (χ1v) is 9.22. The highest BCUT2D eigenvalue weighted by Crippen LogP contribution is 2.19. The van der Waals surface area contributed by atoms with Gasteiger partial charge in [0.05, 0.1) is 6.10 Å². The lowest BCUT2D eigenvalue weighted by atomic mass is 9.96. The summed E-state index contributed by atoms with van der Waals surface area (Å²) in [6.45, 7) is 4.05. The summed E-state index contributed by atoms with van der Waals surface area (Å²) in [6.07, 6.45) is 1.79. The molecule has 0 aliphatic carbocycles. The van der Waals surface area contributed by atoms with E-state index >= 15 is 0 Å². The fourth-order valence-electron chi connectivity index (χ4n) is 3.09. The SMILES string of the molecule is Cc1cc(C(=O)NCC(O)CCC(C)CCC(O)C(=O)O)cc2cc[nH]c12. The van der Waals surface area contributed by atoms with Crippen molar-refractivity contribution in [3.05, 3.63) is 35.5 Å². The topological polar surface area (TPSA) is 123 Å². The first-order valence-electron chi connectivity index (χ1n) is 9.22. The van der Waals surface area contributed by atoms with Crippen molar-refractivity contribution in [1.82, 2.24) is 10.3 Å². The normalized spacial score (nSPS) is 14.7. The van der Waals surface area contributed by atoms with Gasteiger partial charge in [-0.15, -0.1) is 0 Å². The van der Waals surface area contributed by atoms with E-state index in [0.717, 1.165) is 16.5 Å². The number of carboxylic acids is 1. The van der Waals surface area contributed by atoms with Crippen LogP contribution in [-0.4, -0.2) is 50.9 Å². The Labute approximate surface area is 158 Å². The van der Waals surface area contributed by atoms with E-state index in [9.17, 15) is 19.8 Å². The Balaban J connectivity index is 1.75. The molecule has 2 rings (SSSR count). The fraction of sp³-hybridized carbons (Fsp3) is 0.500. The smallest absolute Gasteiger partial charge is 0.332 e. The predicted molar refractivity (Wildman–Crippen MR) is 103 cm³/mol. The Morgan fingerprint density at radius 1 is 1.15 bits per heavy atom. The van der Waals surface area contributed by atoms with Gasteiger partial charge in [0.15, 0.2) is 6.10 Å². The molecule has 1 heterocycles. The summed E-state index contributed by atoms with van der Waals surface area (Å²) in [5.74, 6) is -1.25. The summed E-state index contributed by atoms with van der Waals surface area (Å²) in [4.78, 5) is 26.1. The van der Waals surface area contributed by atoms with Crippen LogP contribution < -0.4 is 5.32 Å². The molecule has 0 aliphatic rings. The Morgan fingerprint density at radius 3 is 2.56 bits per heavy atom. The summed E-state index contributed by atoms with van der Waals surface area (Å²) in [5.41, 5.74) is 2.55. The van der Waals surface area contributed by atoms with Gasteiger partial charge < -0.3 is 25.6 Å². The van der Waals surface area contributed by atoms with Crippen molar-refractivity contribution in [3.8, 4) is 0 Å². The minimum absolute atomic E-state index is 0.160. The number of amides is 1. The number of aliphatic carboxylic acids is 1. The zero-order valence-electron chi connectivity index (χ0n) is 15.7. The van der Waals surface area contributed by atoms with Gasteiger partial charge in [-0.3, -0.25) is 4.79 Å². The summed E-state index contributed by atoms with van der Waals surface area (Å²) in [7, 11) is 0. The van der Waals surface area contributed by atoms with Gasteiger partial charge in [0.2, 0.25) is 0 Å². The van der Waals surface area contributed by atoms with E-state index in [-0.39, 0.29) is 24.8 Å².